The van der Waals surface area contributed by atoms with E-state index in [1.807, 2.05) is 48.2 Å². The number of hydrogen-bond donors (Lipinski definition) is 0. The Morgan fingerprint density at radius 2 is 1.46 bits per heavy atom. The quantitative estimate of drug-likeness (QED) is 0.346. The molecule has 3 heterocycles. The van der Waals surface area contributed by atoms with Crippen molar-refractivity contribution in [3.05, 3.63) is 77.6 Å². The molecule has 3 amide bonds. The molecule has 2 aliphatic rings. The van der Waals surface area contributed by atoms with Crippen LogP contribution in [0.15, 0.2) is 60.7 Å². The van der Waals surface area contributed by atoms with E-state index in [2.05, 4.69) is 14.9 Å². The van der Waals surface area contributed by atoms with Gasteiger partial charge in [-0.25, -0.2) is 9.97 Å². The van der Waals surface area contributed by atoms with Crippen LogP contribution in [-0.2, 0) is 4.79 Å². The van der Waals surface area contributed by atoms with E-state index in [-0.39, 0.29) is 17.7 Å². The number of hydrogen-bond acceptors (Lipinski definition) is 6. The van der Waals surface area contributed by atoms with Gasteiger partial charge < -0.3 is 9.80 Å². The number of nitrogens with zero attached hydrogens (tertiary/aromatic N) is 5. The van der Waals surface area contributed by atoms with E-state index >= 15 is 0 Å². The lowest BCUT2D eigenvalue weighted by Crippen LogP contribution is -2.49. The summed E-state index contributed by atoms with van der Waals surface area (Å²) >= 11 is 0. The molecule has 0 atom stereocenters. The highest BCUT2D eigenvalue weighted by Crippen LogP contribution is 2.24. The lowest BCUT2D eigenvalue weighted by molar-refractivity contribution is -0.131. The van der Waals surface area contributed by atoms with Crippen molar-refractivity contribution in [3.8, 4) is 11.3 Å². The molecule has 2 aromatic carbocycles. The summed E-state index contributed by atoms with van der Waals surface area (Å²) in [4.78, 5) is 52.4. The zero-order chi connectivity index (χ0) is 25.8. The highest BCUT2D eigenvalue weighted by molar-refractivity contribution is 6.21. The number of benzene rings is 2. The number of anilines is 1. The minimum atomic E-state index is -0.218. The molecular formula is C29H31N5O3. The van der Waals surface area contributed by atoms with Crippen molar-refractivity contribution in [1.29, 1.82) is 0 Å². The van der Waals surface area contributed by atoms with Crippen molar-refractivity contribution in [2.75, 3.05) is 37.6 Å². The van der Waals surface area contributed by atoms with Gasteiger partial charge in [0, 0.05) is 50.8 Å². The van der Waals surface area contributed by atoms with Crippen LogP contribution >= 0.6 is 0 Å². The molecule has 1 saturated heterocycles. The summed E-state index contributed by atoms with van der Waals surface area (Å²) < 4.78 is 0. The Hall–Kier alpha value is -4.07. The number of unbranched alkanes of at least 4 members (excludes halogenated alkanes) is 2. The molecule has 0 aliphatic carbocycles. The molecule has 3 aromatic rings. The number of aryl methyl sites for hydroxylation is 1. The van der Waals surface area contributed by atoms with E-state index < -0.39 is 0 Å². The first kappa shape index (κ1) is 24.6. The number of rotatable bonds is 8. The van der Waals surface area contributed by atoms with Gasteiger partial charge in [0.25, 0.3) is 11.8 Å². The fourth-order valence-corrected chi connectivity index (χ4v) is 4.98. The van der Waals surface area contributed by atoms with Crippen LogP contribution < -0.4 is 4.90 Å². The van der Waals surface area contributed by atoms with Crippen LogP contribution in [-0.4, -0.2) is 70.2 Å². The molecule has 0 unspecified atom stereocenters. The molecule has 2 aliphatic heterocycles. The van der Waals surface area contributed by atoms with Crippen molar-refractivity contribution in [2.45, 2.75) is 32.6 Å². The van der Waals surface area contributed by atoms with Crippen molar-refractivity contribution in [1.82, 2.24) is 19.8 Å². The lowest BCUT2D eigenvalue weighted by atomic mass is 10.1. The van der Waals surface area contributed by atoms with Crippen molar-refractivity contribution in [3.63, 3.8) is 0 Å². The van der Waals surface area contributed by atoms with Gasteiger partial charge in [-0.05, 0) is 31.9 Å². The molecule has 0 N–H and O–H groups in total. The Kier molecular flexibility index (Phi) is 7.25. The fourth-order valence-electron chi connectivity index (χ4n) is 4.98. The van der Waals surface area contributed by atoms with Crippen LogP contribution in [0, 0.1) is 6.92 Å². The zero-order valence-corrected chi connectivity index (χ0v) is 21.1. The van der Waals surface area contributed by atoms with E-state index in [1.54, 1.807) is 24.3 Å². The molecule has 1 fully saturated rings. The Labute approximate surface area is 216 Å². The van der Waals surface area contributed by atoms with Gasteiger partial charge in [0.1, 0.15) is 11.6 Å². The molecule has 0 radical (unpaired) electrons. The average Bonchev–Trinajstić information content (AvgIpc) is 3.18. The van der Waals surface area contributed by atoms with Gasteiger partial charge in [-0.3, -0.25) is 19.3 Å². The van der Waals surface area contributed by atoms with Gasteiger partial charge in [-0.1, -0.05) is 48.9 Å². The predicted molar refractivity (Wildman–Crippen MR) is 141 cm³/mol. The van der Waals surface area contributed by atoms with Crippen molar-refractivity contribution < 1.29 is 14.4 Å². The Morgan fingerprint density at radius 3 is 2.14 bits per heavy atom. The maximum absolute atomic E-state index is 12.8. The number of aromatic nitrogens is 2. The van der Waals surface area contributed by atoms with Gasteiger partial charge in [-0.15, -0.1) is 0 Å². The minimum Gasteiger partial charge on any atom is -0.353 e. The number of amides is 3. The molecule has 1 aromatic heterocycles. The van der Waals surface area contributed by atoms with E-state index in [4.69, 9.17) is 0 Å². The van der Waals surface area contributed by atoms with Crippen molar-refractivity contribution >= 4 is 23.5 Å². The molecule has 190 valence electrons. The minimum absolute atomic E-state index is 0.157. The van der Waals surface area contributed by atoms with E-state index in [9.17, 15) is 14.4 Å². The van der Waals surface area contributed by atoms with Gasteiger partial charge in [-0.2, -0.15) is 0 Å². The summed E-state index contributed by atoms with van der Waals surface area (Å²) in [6.45, 7) is 5.09. The second-order valence-electron chi connectivity index (χ2n) is 9.51. The van der Waals surface area contributed by atoms with E-state index in [0.717, 1.165) is 48.8 Å². The van der Waals surface area contributed by atoms with Crippen LogP contribution in [0.3, 0.4) is 0 Å². The normalized spacial score (nSPS) is 15.3. The summed E-state index contributed by atoms with van der Waals surface area (Å²) in [5.74, 6) is 1.35. The van der Waals surface area contributed by atoms with Gasteiger partial charge in [0.05, 0.1) is 16.8 Å². The SMILES string of the molecule is Cc1nc(-c2ccccc2)cc(N2CCN(C(=O)CCCCCN3C(=O)c4ccccc4C3=O)CC2)n1. The topological polar surface area (TPSA) is 86.7 Å². The Morgan fingerprint density at radius 1 is 0.811 bits per heavy atom. The van der Waals surface area contributed by atoms with E-state index in [0.29, 0.717) is 43.6 Å². The third-order valence-corrected chi connectivity index (χ3v) is 7.00. The number of fused-ring (bicyclic) bond motifs is 1. The molecule has 0 bridgehead atoms. The molecule has 5 rings (SSSR count). The van der Waals surface area contributed by atoms with Gasteiger partial charge in [0.2, 0.25) is 5.91 Å². The summed E-state index contributed by atoms with van der Waals surface area (Å²) in [5.41, 5.74) is 2.93. The first-order valence-electron chi connectivity index (χ1n) is 12.9. The molecular weight excluding hydrogens is 466 g/mol. The summed E-state index contributed by atoms with van der Waals surface area (Å²) in [6.07, 6.45) is 2.71. The van der Waals surface area contributed by atoms with Crippen LogP contribution in [0.4, 0.5) is 5.82 Å². The highest BCUT2D eigenvalue weighted by atomic mass is 16.2. The van der Waals surface area contributed by atoms with Crippen LogP contribution in [0.5, 0.6) is 0 Å². The summed E-state index contributed by atoms with van der Waals surface area (Å²) in [6, 6.07) is 19.0. The first-order chi connectivity index (χ1) is 18.0. The monoisotopic (exact) mass is 497 g/mol. The maximum Gasteiger partial charge on any atom is 0.261 e. The second kappa shape index (κ2) is 10.9. The first-order valence-corrected chi connectivity index (χ1v) is 12.9. The third-order valence-electron chi connectivity index (χ3n) is 7.00. The molecule has 0 saturated carbocycles. The average molecular weight is 498 g/mol. The molecule has 8 heteroatoms. The summed E-state index contributed by atoms with van der Waals surface area (Å²) in [7, 11) is 0. The summed E-state index contributed by atoms with van der Waals surface area (Å²) in [5, 5.41) is 0. The maximum atomic E-state index is 12.8. The molecule has 37 heavy (non-hydrogen) atoms. The molecule has 8 nitrogen and oxygen atoms in total. The Balaban J connectivity index is 1.06. The smallest absolute Gasteiger partial charge is 0.261 e. The van der Waals surface area contributed by atoms with Crippen LogP contribution in [0.25, 0.3) is 11.3 Å². The second-order valence-corrected chi connectivity index (χ2v) is 9.51. The van der Waals surface area contributed by atoms with Gasteiger partial charge >= 0.3 is 0 Å². The van der Waals surface area contributed by atoms with Gasteiger partial charge in [0.15, 0.2) is 0 Å². The lowest BCUT2D eigenvalue weighted by Gasteiger charge is -2.35. The number of piperazine rings is 1. The van der Waals surface area contributed by atoms with Crippen LogP contribution in [0.2, 0.25) is 0 Å². The third kappa shape index (κ3) is 5.38. The highest BCUT2D eigenvalue weighted by Gasteiger charge is 2.34. The van der Waals surface area contributed by atoms with Crippen LogP contribution in [0.1, 0.15) is 52.2 Å². The number of imide groups is 1. The fraction of sp³-hybridized carbons (Fsp3) is 0.345. The number of carbonyl (C=O) groups is 3. The number of carbonyl (C=O) groups excluding carboxylic acids is 3. The standard InChI is InChI=1S/C29H31N5O3/c1-21-30-25(22-10-4-2-5-11-22)20-26(31-21)32-16-18-33(19-17-32)27(35)14-6-3-9-15-34-28(36)23-12-7-8-13-24(23)29(34)37/h2,4-5,7-8,10-13,20H,3,6,9,14-19H2,1H3. The van der Waals surface area contributed by atoms with Crippen molar-refractivity contribution in [2.24, 2.45) is 0 Å². The predicted octanol–water partition coefficient (Wildman–Crippen LogP) is 3.96. The van der Waals surface area contributed by atoms with E-state index in [1.165, 1.54) is 4.90 Å². The largest absolute Gasteiger partial charge is 0.353 e. The zero-order valence-electron chi connectivity index (χ0n) is 21.1. The Bertz CT molecular complexity index is 1270. The molecule has 0 spiro atoms.